The van der Waals surface area contributed by atoms with Crippen molar-refractivity contribution in [3.63, 3.8) is 0 Å². The van der Waals surface area contributed by atoms with Crippen LogP contribution < -0.4 is 9.88 Å². The van der Waals surface area contributed by atoms with Gasteiger partial charge in [0.25, 0.3) is 12.2 Å². The van der Waals surface area contributed by atoms with Crippen molar-refractivity contribution >= 4 is 5.91 Å². The highest BCUT2D eigenvalue weighted by Crippen LogP contribution is 2.36. The predicted molar refractivity (Wildman–Crippen MR) is 110 cm³/mol. The average Bonchev–Trinajstić information content (AvgIpc) is 3.40. The molecule has 1 N–H and O–H groups in total. The van der Waals surface area contributed by atoms with Crippen molar-refractivity contribution in [2.45, 2.75) is 18.5 Å². The van der Waals surface area contributed by atoms with Crippen LogP contribution in [0.3, 0.4) is 0 Å². The number of hydrogen-bond acceptors (Lipinski definition) is 2. The van der Waals surface area contributed by atoms with E-state index in [1.54, 1.807) is 0 Å². The lowest BCUT2D eigenvalue weighted by Gasteiger charge is -2.20. The van der Waals surface area contributed by atoms with Crippen LogP contribution in [-0.4, -0.2) is 15.7 Å². The Morgan fingerprint density at radius 1 is 0.931 bits per heavy atom. The lowest BCUT2D eigenvalue weighted by atomic mass is 10.1. The maximum atomic E-state index is 12.9. The van der Waals surface area contributed by atoms with Gasteiger partial charge >= 0.3 is 0 Å². The van der Waals surface area contributed by atoms with Gasteiger partial charge in [0, 0.05) is 17.1 Å². The molecule has 0 saturated carbocycles. The number of aromatic nitrogens is 3. The monoisotopic (exact) mass is 381 g/mol. The Labute approximate surface area is 169 Å². The highest BCUT2D eigenvalue weighted by atomic mass is 16.1. The molecule has 5 rings (SSSR count). The number of nitrogens with one attached hydrogen (secondary N) is 1. The van der Waals surface area contributed by atoms with Gasteiger partial charge in [-0.1, -0.05) is 65.3 Å². The zero-order valence-electron chi connectivity index (χ0n) is 15.8. The summed E-state index contributed by atoms with van der Waals surface area (Å²) in [4.78, 5) is 12.9. The van der Waals surface area contributed by atoms with Gasteiger partial charge in [-0.3, -0.25) is 4.79 Å². The van der Waals surface area contributed by atoms with Crippen molar-refractivity contribution in [1.29, 1.82) is 0 Å². The van der Waals surface area contributed by atoms with Crippen LogP contribution in [0.2, 0.25) is 0 Å². The lowest BCUT2D eigenvalue weighted by Crippen LogP contribution is -2.45. The van der Waals surface area contributed by atoms with Crippen LogP contribution in [0.4, 0.5) is 0 Å². The first kappa shape index (κ1) is 17.4. The molecule has 5 heteroatoms. The standard InChI is InChI=1S/C24H20N4O/c29-24(18-9-3-1-4-10-18)26-23-21-14-8-7-11-19(21)15-22(23)27-16-25-28(17-27)20-12-5-2-6-13-20/h1-14,16-17,22-23H,15H2/p+1/t22?,23-/m1/s1. The van der Waals surface area contributed by atoms with E-state index < -0.39 is 0 Å². The van der Waals surface area contributed by atoms with Crippen LogP contribution in [0.15, 0.2) is 97.6 Å². The second-order valence-electron chi connectivity index (χ2n) is 7.26. The molecule has 0 saturated heterocycles. The van der Waals surface area contributed by atoms with E-state index in [-0.39, 0.29) is 18.0 Å². The molecule has 0 fully saturated rings. The second-order valence-corrected chi connectivity index (χ2v) is 7.26. The molecule has 1 amide bonds. The number of amides is 1. The number of rotatable bonds is 4. The molecule has 29 heavy (non-hydrogen) atoms. The molecule has 1 unspecified atom stereocenters. The van der Waals surface area contributed by atoms with Crippen molar-refractivity contribution in [1.82, 2.24) is 15.1 Å². The first-order valence-electron chi connectivity index (χ1n) is 9.74. The summed E-state index contributed by atoms with van der Waals surface area (Å²) >= 11 is 0. The molecule has 142 valence electrons. The normalized spacial score (nSPS) is 17.7. The highest BCUT2D eigenvalue weighted by Gasteiger charge is 2.37. The number of para-hydroxylation sites is 1. The summed E-state index contributed by atoms with van der Waals surface area (Å²) in [5, 5.41) is 7.78. The van der Waals surface area contributed by atoms with Crippen molar-refractivity contribution < 1.29 is 9.36 Å². The van der Waals surface area contributed by atoms with Gasteiger partial charge in [-0.25, -0.2) is 4.57 Å². The zero-order valence-corrected chi connectivity index (χ0v) is 15.8. The maximum absolute atomic E-state index is 12.9. The Morgan fingerprint density at radius 3 is 2.41 bits per heavy atom. The molecule has 5 nitrogen and oxygen atoms in total. The van der Waals surface area contributed by atoms with Crippen molar-refractivity contribution in [2.24, 2.45) is 0 Å². The minimum atomic E-state index is -0.114. The van der Waals surface area contributed by atoms with E-state index >= 15 is 0 Å². The van der Waals surface area contributed by atoms with Gasteiger partial charge < -0.3 is 5.32 Å². The van der Waals surface area contributed by atoms with Crippen LogP contribution in [0.1, 0.15) is 33.6 Å². The summed E-state index contributed by atoms with van der Waals surface area (Å²) in [5.74, 6) is -0.0617. The van der Waals surface area contributed by atoms with E-state index in [4.69, 9.17) is 0 Å². The SMILES string of the molecule is O=C(N[C@@H]1c2ccccc2CC1[n+]1cnn(-c2ccccc2)c1)c1ccccc1. The zero-order chi connectivity index (χ0) is 19.6. The number of carbonyl (C=O) groups is 1. The number of carbonyl (C=O) groups excluding carboxylic acids is 1. The van der Waals surface area contributed by atoms with Gasteiger partial charge in [-0.05, 0) is 35.4 Å². The molecule has 0 bridgehead atoms. The van der Waals surface area contributed by atoms with Gasteiger partial charge in [-0.2, -0.15) is 0 Å². The third kappa shape index (κ3) is 3.31. The van der Waals surface area contributed by atoms with Crippen molar-refractivity contribution in [3.05, 3.63) is 114 Å². The van der Waals surface area contributed by atoms with Crippen LogP contribution in [0.25, 0.3) is 5.69 Å². The Bertz CT molecular complexity index is 1140. The second kappa shape index (κ2) is 7.36. The third-order valence-electron chi connectivity index (χ3n) is 5.48. The number of hydrogen-bond donors (Lipinski definition) is 1. The van der Waals surface area contributed by atoms with E-state index in [9.17, 15) is 4.79 Å². The molecule has 3 aromatic carbocycles. The number of nitrogens with zero attached hydrogens (tertiary/aromatic N) is 3. The molecule has 1 heterocycles. The van der Waals surface area contributed by atoms with Gasteiger partial charge in [-0.15, -0.1) is 0 Å². The van der Waals surface area contributed by atoms with Crippen LogP contribution >= 0.6 is 0 Å². The van der Waals surface area contributed by atoms with Gasteiger partial charge in [0.2, 0.25) is 6.33 Å². The minimum absolute atomic E-state index is 0.0617. The third-order valence-corrected chi connectivity index (χ3v) is 5.48. The quantitative estimate of drug-likeness (QED) is 0.551. The van der Waals surface area contributed by atoms with E-state index in [0.717, 1.165) is 12.1 Å². The summed E-state index contributed by atoms with van der Waals surface area (Å²) in [5.41, 5.74) is 4.10. The highest BCUT2D eigenvalue weighted by molar-refractivity contribution is 5.94. The number of fused-ring (bicyclic) bond motifs is 1. The Balaban J connectivity index is 1.47. The predicted octanol–water partition coefficient (Wildman–Crippen LogP) is 3.43. The van der Waals surface area contributed by atoms with Gasteiger partial charge in [0.1, 0.15) is 11.7 Å². The molecule has 2 atom stereocenters. The van der Waals surface area contributed by atoms with E-state index in [0.29, 0.717) is 5.56 Å². The fraction of sp³-hybridized carbons (Fsp3) is 0.125. The Hall–Kier alpha value is -3.73. The molecular weight excluding hydrogens is 360 g/mol. The fourth-order valence-electron chi connectivity index (χ4n) is 4.03. The van der Waals surface area contributed by atoms with E-state index in [1.807, 2.05) is 84.1 Å². The summed E-state index contributed by atoms with van der Waals surface area (Å²) in [6, 6.07) is 27.7. The van der Waals surface area contributed by atoms with Gasteiger partial charge in [0.15, 0.2) is 0 Å². The Kier molecular flexibility index (Phi) is 4.41. The van der Waals surface area contributed by atoms with Crippen LogP contribution in [0.5, 0.6) is 0 Å². The van der Waals surface area contributed by atoms with Crippen molar-refractivity contribution in [3.8, 4) is 5.69 Å². The smallest absolute Gasteiger partial charge is 0.265 e. The summed E-state index contributed by atoms with van der Waals surface area (Å²) in [6.07, 6.45) is 4.68. The van der Waals surface area contributed by atoms with Crippen molar-refractivity contribution in [2.75, 3.05) is 0 Å². The summed E-state index contributed by atoms with van der Waals surface area (Å²) < 4.78 is 3.96. The largest absolute Gasteiger partial charge is 0.342 e. The molecular formula is C24H21N4O+. The van der Waals surface area contributed by atoms with E-state index in [1.165, 1.54) is 11.1 Å². The van der Waals surface area contributed by atoms with Crippen LogP contribution in [0, 0.1) is 0 Å². The lowest BCUT2D eigenvalue weighted by molar-refractivity contribution is -0.725. The first-order chi connectivity index (χ1) is 14.3. The maximum Gasteiger partial charge on any atom is 0.265 e. The van der Waals surface area contributed by atoms with E-state index in [2.05, 4.69) is 33.2 Å². The molecule has 1 aliphatic rings. The summed E-state index contributed by atoms with van der Waals surface area (Å²) in [6.45, 7) is 0. The summed E-state index contributed by atoms with van der Waals surface area (Å²) in [7, 11) is 0. The molecule has 0 spiro atoms. The number of benzene rings is 3. The molecule has 1 aromatic heterocycles. The minimum Gasteiger partial charge on any atom is -0.342 e. The average molecular weight is 381 g/mol. The van der Waals surface area contributed by atoms with Crippen LogP contribution in [-0.2, 0) is 6.42 Å². The fourth-order valence-corrected chi connectivity index (χ4v) is 4.03. The topological polar surface area (TPSA) is 50.8 Å². The molecule has 4 aromatic rings. The first-order valence-corrected chi connectivity index (χ1v) is 9.74. The molecule has 0 aliphatic heterocycles. The Morgan fingerprint density at radius 2 is 1.62 bits per heavy atom. The molecule has 0 radical (unpaired) electrons. The van der Waals surface area contributed by atoms with Gasteiger partial charge in [0.05, 0.1) is 6.04 Å². The molecule has 1 aliphatic carbocycles.